The van der Waals surface area contributed by atoms with Gasteiger partial charge in [0.2, 0.25) is 0 Å². The number of nitrogens with zero attached hydrogens (tertiary/aromatic N) is 2. The number of nitriles is 1. The summed E-state index contributed by atoms with van der Waals surface area (Å²) in [7, 11) is 0. The fraction of sp³-hybridized carbons (Fsp3) is 0.200. The van der Waals surface area contributed by atoms with Crippen molar-refractivity contribution in [3.63, 3.8) is 0 Å². The highest BCUT2D eigenvalue weighted by Crippen LogP contribution is 2.23. The van der Waals surface area contributed by atoms with E-state index in [4.69, 9.17) is 0 Å². The van der Waals surface area contributed by atoms with Crippen LogP contribution in [0.4, 0.5) is 0 Å². The second-order valence-electron chi connectivity index (χ2n) is 7.15. The summed E-state index contributed by atoms with van der Waals surface area (Å²) in [4.78, 5) is 12.5. The molecule has 0 aliphatic carbocycles. The van der Waals surface area contributed by atoms with Crippen molar-refractivity contribution in [3.8, 4) is 11.8 Å². The average molecular weight is 509 g/mol. The Morgan fingerprint density at radius 3 is 2.50 bits per heavy atom. The molecule has 4 nitrogen and oxygen atoms in total. The van der Waals surface area contributed by atoms with Crippen LogP contribution in [0.1, 0.15) is 28.9 Å². The first kappa shape index (κ1) is 21.8. The summed E-state index contributed by atoms with van der Waals surface area (Å²) in [6, 6.07) is 22.5. The van der Waals surface area contributed by atoms with Crippen molar-refractivity contribution >= 4 is 34.6 Å². The second kappa shape index (κ2) is 10.3. The zero-order valence-electron chi connectivity index (χ0n) is 17.2. The molecule has 0 bridgehead atoms. The van der Waals surface area contributed by atoms with Gasteiger partial charge in [0.15, 0.2) is 0 Å². The van der Waals surface area contributed by atoms with Crippen molar-refractivity contribution < 1.29 is 4.79 Å². The molecule has 0 spiro atoms. The molecule has 0 atom stereocenters. The van der Waals surface area contributed by atoms with Gasteiger partial charge in [0.1, 0.15) is 11.6 Å². The largest absolute Gasteiger partial charge is 0.351 e. The number of hydrogen-bond acceptors (Lipinski definition) is 2. The molecule has 0 radical (unpaired) electrons. The summed E-state index contributed by atoms with van der Waals surface area (Å²) in [5.74, 6) is -0.329. The van der Waals surface area contributed by atoms with Crippen molar-refractivity contribution in [3.05, 3.63) is 92.3 Å². The Hall–Kier alpha value is -2.85. The molecule has 1 heterocycles. The first-order chi connectivity index (χ1) is 14.5. The molecular formula is C25H24IN3O. The number of amides is 1. The number of nitrogens with one attached hydrogen (secondary N) is 1. The molecule has 0 aliphatic rings. The van der Waals surface area contributed by atoms with Crippen LogP contribution in [0.5, 0.6) is 0 Å². The minimum Gasteiger partial charge on any atom is -0.351 e. The smallest absolute Gasteiger partial charge is 0.261 e. The molecule has 1 aromatic heterocycles. The number of aromatic nitrogens is 1. The Bertz CT molecular complexity index is 1090. The van der Waals surface area contributed by atoms with E-state index in [1.165, 1.54) is 9.13 Å². The summed E-state index contributed by atoms with van der Waals surface area (Å²) in [6.07, 6.45) is 3.40. The molecule has 0 saturated heterocycles. The van der Waals surface area contributed by atoms with E-state index in [1.807, 2.05) is 38.1 Å². The number of aryl methyl sites for hydroxylation is 2. The van der Waals surface area contributed by atoms with E-state index < -0.39 is 0 Å². The average Bonchev–Trinajstić information content (AvgIpc) is 3.03. The van der Waals surface area contributed by atoms with E-state index in [1.54, 1.807) is 6.08 Å². The van der Waals surface area contributed by atoms with Crippen molar-refractivity contribution in [1.82, 2.24) is 9.88 Å². The first-order valence-electron chi connectivity index (χ1n) is 9.88. The minimum absolute atomic E-state index is 0.123. The summed E-state index contributed by atoms with van der Waals surface area (Å²) in [5, 5.41) is 12.4. The number of benzene rings is 2. The lowest BCUT2D eigenvalue weighted by Crippen LogP contribution is -2.25. The quantitative estimate of drug-likeness (QED) is 0.202. The van der Waals surface area contributed by atoms with Crippen LogP contribution in [-0.2, 0) is 11.2 Å². The zero-order chi connectivity index (χ0) is 21.5. The molecule has 1 N–H and O–H groups in total. The third kappa shape index (κ3) is 5.39. The van der Waals surface area contributed by atoms with Crippen LogP contribution in [0.25, 0.3) is 11.8 Å². The number of carbonyl (C=O) groups is 1. The van der Waals surface area contributed by atoms with E-state index in [-0.39, 0.29) is 11.5 Å². The molecular weight excluding hydrogens is 485 g/mol. The van der Waals surface area contributed by atoms with Crippen LogP contribution in [0.3, 0.4) is 0 Å². The van der Waals surface area contributed by atoms with Crippen molar-refractivity contribution in [2.75, 3.05) is 6.54 Å². The lowest BCUT2D eigenvalue weighted by Gasteiger charge is -2.10. The van der Waals surface area contributed by atoms with Gasteiger partial charge in [-0.1, -0.05) is 30.3 Å². The number of rotatable bonds is 7. The van der Waals surface area contributed by atoms with E-state index in [2.05, 4.69) is 74.9 Å². The van der Waals surface area contributed by atoms with Gasteiger partial charge in [-0.15, -0.1) is 0 Å². The first-order valence-corrected chi connectivity index (χ1v) is 11.0. The van der Waals surface area contributed by atoms with Gasteiger partial charge in [0.25, 0.3) is 5.91 Å². The highest BCUT2D eigenvalue weighted by atomic mass is 127. The third-order valence-corrected chi connectivity index (χ3v) is 5.71. The normalized spacial score (nSPS) is 11.2. The van der Waals surface area contributed by atoms with E-state index in [0.29, 0.717) is 6.54 Å². The lowest BCUT2D eigenvalue weighted by molar-refractivity contribution is -0.117. The van der Waals surface area contributed by atoms with Gasteiger partial charge < -0.3 is 9.88 Å². The SMILES string of the molecule is Cc1cc(/C=C(\C#N)C(=O)NCCCc2ccccc2)c(C)n1-c1ccc(I)cc1. The fourth-order valence-corrected chi connectivity index (χ4v) is 3.82. The molecule has 0 fully saturated rings. The van der Waals surface area contributed by atoms with Gasteiger partial charge in [-0.05, 0) is 96.8 Å². The topological polar surface area (TPSA) is 57.8 Å². The predicted molar refractivity (Wildman–Crippen MR) is 129 cm³/mol. The summed E-state index contributed by atoms with van der Waals surface area (Å²) >= 11 is 2.28. The van der Waals surface area contributed by atoms with Crippen LogP contribution in [0.15, 0.2) is 66.2 Å². The van der Waals surface area contributed by atoms with Gasteiger partial charge in [0, 0.05) is 27.2 Å². The Morgan fingerprint density at radius 2 is 1.83 bits per heavy atom. The van der Waals surface area contributed by atoms with Crippen molar-refractivity contribution in [1.29, 1.82) is 5.26 Å². The number of halogens is 1. The highest BCUT2D eigenvalue weighted by molar-refractivity contribution is 14.1. The summed E-state index contributed by atoms with van der Waals surface area (Å²) in [5.41, 5.74) is 5.36. The van der Waals surface area contributed by atoms with Gasteiger partial charge in [-0.2, -0.15) is 5.26 Å². The van der Waals surface area contributed by atoms with Crippen LogP contribution in [0.2, 0.25) is 0 Å². The number of carbonyl (C=O) groups excluding carboxylic acids is 1. The Balaban J connectivity index is 1.69. The Kier molecular flexibility index (Phi) is 7.47. The lowest BCUT2D eigenvalue weighted by atomic mass is 10.1. The van der Waals surface area contributed by atoms with Crippen molar-refractivity contribution in [2.45, 2.75) is 26.7 Å². The maximum Gasteiger partial charge on any atom is 0.261 e. The molecule has 3 aromatic rings. The molecule has 30 heavy (non-hydrogen) atoms. The Morgan fingerprint density at radius 1 is 1.13 bits per heavy atom. The predicted octanol–water partition coefficient (Wildman–Crippen LogP) is 5.35. The zero-order valence-corrected chi connectivity index (χ0v) is 19.3. The maximum atomic E-state index is 12.5. The van der Waals surface area contributed by atoms with Gasteiger partial charge >= 0.3 is 0 Å². The van der Waals surface area contributed by atoms with E-state index >= 15 is 0 Å². The van der Waals surface area contributed by atoms with E-state index in [9.17, 15) is 10.1 Å². The van der Waals surface area contributed by atoms with Gasteiger partial charge in [-0.25, -0.2) is 0 Å². The standard InChI is InChI=1S/C25H24IN3O/c1-18-15-21(19(2)29(18)24-12-10-23(26)11-13-24)16-22(17-27)25(30)28-14-6-9-20-7-4-3-5-8-20/h3-5,7-8,10-13,15-16H,6,9,14H2,1-2H3,(H,28,30)/b22-16+. The van der Waals surface area contributed by atoms with E-state index in [0.717, 1.165) is 35.5 Å². The van der Waals surface area contributed by atoms with Gasteiger partial charge in [0.05, 0.1) is 0 Å². The summed E-state index contributed by atoms with van der Waals surface area (Å²) < 4.78 is 3.31. The number of hydrogen-bond donors (Lipinski definition) is 1. The second-order valence-corrected chi connectivity index (χ2v) is 8.40. The molecule has 5 heteroatoms. The third-order valence-electron chi connectivity index (χ3n) is 4.99. The molecule has 3 rings (SSSR count). The summed E-state index contributed by atoms with van der Waals surface area (Å²) in [6.45, 7) is 4.57. The molecule has 2 aromatic carbocycles. The van der Waals surface area contributed by atoms with Crippen LogP contribution < -0.4 is 5.32 Å². The monoisotopic (exact) mass is 509 g/mol. The molecule has 0 aliphatic heterocycles. The Labute approximate surface area is 191 Å². The van der Waals surface area contributed by atoms with Gasteiger partial charge in [-0.3, -0.25) is 4.79 Å². The fourth-order valence-electron chi connectivity index (χ4n) is 3.46. The van der Waals surface area contributed by atoms with Crippen molar-refractivity contribution in [2.24, 2.45) is 0 Å². The van der Waals surface area contributed by atoms with Crippen LogP contribution in [0, 0.1) is 28.7 Å². The molecule has 152 valence electrons. The minimum atomic E-state index is -0.329. The molecule has 1 amide bonds. The van der Waals surface area contributed by atoms with Crippen LogP contribution >= 0.6 is 22.6 Å². The van der Waals surface area contributed by atoms with Crippen LogP contribution in [-0.4, -0.2) is 17.0 Å². The maximum absolute atomic E-state index is 12.5. The molecule has 0 saturated carbocycles. The molecule has 0 unspecified atom stereocenters. The highest BCUT2D eigenvalue weighted by Gasteiger charge is 2.13.